The molecule has 0 aliphatic carbocycles. The lowest BCUT2D eigenvalue weighted by molar-refractivity contribution is 0.102. The standard InChI is InChI=1S/C15H12N2O2S/c16-13-3-2-11(18)8-12(13)15(19)17-10-1-4-14-9(7-10)5-6-20-14/h1-8,18H,16H2,(H,17,19). The molecule has 0 aliphatic heterocycles. The van der Waals surface area contributed by atoms with Crippen LogP contribution in [0, 0.1) is 0 Å². The van der Waals surface area contributed by atoms with Gasteiger partial charge in [-0.2, -0.15) is 0 Å². The second-order valence-corrected chi connectivity index (χ2v) is 5.35. The summed E-state index contributed by atoms with van der Waals surface area (Å²) >= 11 is 1.65. The number of anilines is 2. The van der Waals surface area contributed by atoms with E-state index in [1.807, 2.05) is 29.6 Å². The highest BCUT2D eigenvalue weighted by Crippen LogP contribution is 2.25. The number of nitrogen functional groups attached to an aromatic ring is 1. The summed E-state index contributed by atoms with van der Waals surface area (Å²) in [5, 5.41) is 15.3. The molecule has 1 aromatic heterocycles. The van der Waals surface area contributed by atoms with Gasteiger partial charge in [0.05, 0.1) is 5.56 Å². The van der Waals surface area contributed by atoms with Gasteiger partial charge in [0.2, 0.25) is 0 Å². The number of thiophene rings is 1. The molecule has 0 fully saturated rings. The van der Waals surface area contributed by atoms with Gasteiger partial charge < -0.3 is 16.2 Å². The largest absolute Gasteiger partial charge is 0.508 e. The number of nitrogens with two attached hydrogens (primary N) is 1. The minimum atomic E-state index is -0.340. The number of carbonyl (C=O) groups is 1. The Kier molecular flexibility index (Phi) is 3.04. The molecule has 0 unspecified atom stereocenters. The lowest BCUT2D eigenvalue weighted by Crippen LogP contribution is -2.13. The number of hydrogen-bond acceptors (Lipinski definition) is 4. The second-order valence-electron chi connectivity index (χ2n) is 4.40. The molecule has 0 atom stereocenters. The number of nitrogens with one attached hydrogen (secondary N) is 1. The van der Waals surface area contributed by atoms with Gasteiger partial charge in [0, 0.05) is 16.1 Å². The average molecular weight is 284 g/mol. The van der Waals surface area contributed by atoms with E-state index in [2.05, 4.69) is 5.32 Å². The van der Waals surface area contributed by atoms with Crippen LogP contribution in [0.3, 0.4) is 0 Å². The summed E-state index contributed by atoms with van der Waals surface area (Å²) in [5.74, 6) is -0.328. The third kappa shape index (κ3) is 2.31. The minimum absolute atomic E-state index is 0.0117. The van der Waals surface area contributed by atoms with Crippen molar-refractivity contribution in [3.05, 3.63) is 53.4 Å². The molecule has 100 valence electrons. The first-order chi connectivity index (χ1) is 9.63. The van der Waals surface area contributed by atoms with E-state index >= 15 is 0 Å². The van der Waals surface area contributed by atoms with E-state index in [9.17, 15) is 9.90 Å². The molecule has 0 spiro atoms. The third-order valence-corrected chi connectivity index (χ3v) is 3.89. The number of phenols is 1. The van der Waals surface area contributed by atoms with Crippen LogP contribution in [0.5, 0.6) is 5.75 Å². The maximum Gasteiger partial charge on any atom is 0.257 e. The SMILES string of the molecule is Nc1ccc(O)cc1C(=O)Nc1ccc2sccc2c1. The first-order valence-corrected chi connectivity index (χ1v) is 6.88. The van der Waals surface area contributed by atoms with Gasteiger partial charge in [-0.1, -0.05) is 0 Å². The van der Waals surface area contributed by atoms with Crippen LogP contribution in [-0.2, 0) is 0 Å². The van der Waals surface area contributed by atoms with Gasteiger partial charge >= 0.3 is 0 Å². The highest BCUT2D eigenvalue weighted by molar-refractivity contribution is 7.17. The van der Waals surface area contributed by atoms with Crippen LogP contribution in [-0.4, -0.2) is 11.0 Å². The Hall–Kier alpha value is -2.53. The van der Waals surface area contributed by atoms with E-state index in [1.54, 1.807) is 11.3 Å². The fraction of sp³-hybridized carbons (Fsp3) is 0. The van der Waals surface area contributed by atoms with Crippen molar-refractivity contribution < 1.29 is 9.90 Å². The molecule has 1 amide bonds. The van der Waals surface area contributed by atoms with Gasteiger partial charge in [0.1, 0.15) is 5.75 Å². The Bertz CT molecular complexity index is 795. The fourth-order valence-corrected chi connectivity index (χ4v) is 2.75. The van der Waals surface area contributed by atoms with Gasteiger partial charge in [-0.15, -0.1) is 11.3 Å². The van der Waals surface area contributed by atoms with Crippen LogP contribution in [0.25, 0.3) is 10.1 Å². The van der Waals surface area contributed by atoms with Crippen molar-refractivity contribution in [2.75, 3.05) is 11.1 Å². The zero-order valence-corrected chi connectivity index (χ0v) is 11.3. The van der Waals surface area contributed by atoms with Crippen molar-refractivity contribution in [2.45, 2.75) is 0 Å². The van der Waals surface area contributed by atoms with E-state index in [0.717, 1.165) is 5.39 Å². The number of hydrogen-bond donors (Lipinski definition) is 3. The fourth-order valence-electron chi connectivity index (χ4n) is 1.98. The van der Waals surface area contributed by atoms with Crippen LogP contribution in [0.2, 0.25) is 0 Å². The zero-order valence-electron chi connectivity index (χ0n) is 10.5. The molecule has 5 heteroatoms. The molecule has 3 rings (SSSR count). The monoisotopic (exact) mass is 284 g/mol. The average Bonchev–Trinajstić information content (AvgIpc) is 2.89. The number of carbonyl (C=O) groups excluding carboxylic acids is 1. The summed E-state index contributed by atoms with van der Waals surface area (Å²) < 4.78 is 1.17. The molecule has 20 heavy (non-hydrogen) atoms. The van der Waals surface area contributed by atoms with Gasteiger partial charge in [-0.3, -0.25) is 4.79 Å². The van der Waals surface area contributed by atoms with Crippen molar-refractivity contribution in [1.29, 1.82) is 0 Å². The number of amides is 1. The molecule has 0 radical (unpaired) electrons. The first-order valence-electron chi connectivity index (χ1n) is 6.00. The Morgan fingerprint density at radius 3 is 2.85 bits per heavy atom. The molecule has 3 aromatic rings. The summed E-state index contributed by atoms with van der Waals surface area (Å²) in [6, 6.07) is 12.0. The molecular weight excluding hydrogens is 272 g/mol. The summed E-state index contributed by atoms with van der Waals surface area (Å²) in [6.45, 7) is 0. The van der Waals surface area contributed by atoms with E-state index < -0.39 is 0 Å². The van der Waals surface area contributed by atoms with Gasteiger partial charge in [0.25, 0.3) is 5.91 Å². The predicted molar refractivity (Wildman–Crippen MR) is 82.3 cm³/mol. The van der Waals surface area contributed by atoms with E-state index in [4.69, 9.17) is 5.73 Å². The van der Waals surface area contributed by atoms with E-state index in [1.165, 1.54) is 22.9 Å². The normalized spacial score (nSPS) is 10.6. The maximum absolute atomic E-state index is 12.2. The topological polar surface area (TPSA) is 75.3 Å². The molecule has 0 saturated heterocycles. The summed E-state index contributed by atoms with van der Waals surface area (Å²) in [4.78, 5) is 12.2. The molecular formula is C15H12N2O2S. The van der Waals surface area contributed by atoms with Crippen LogP contribution in [0.1, 0.15) is 10.4 Å². The van der Waals surface area contributed by atoms with Gasteiger partial charge in [0.15, 0.2) is 0 Å². The number of aromatic hydroxyl groups is 1. The van der Waals surface area contributed by atoms with Crippen molar-refractivity contribution in [2.24, 2.45) is 0 Å². The van der Waals surface area contributed by atoms with E-state index in [-0.39, 0.29) is 17.2 Å². The lowest BCUT2D eigenvalue weighted by atomic mass is 10.1. The molecule has 0 saturated carbocycles. The van der Waals surface area contributed by atoms with E-state index in [0.29, 0.717) is 11.4 Å². The number of rotatable bonds is 2. The van der Waals surface area contributed by atoms with Crippen LogP contribution < -0.4 is 11.1 Å². The number of fused-ring (bicyclic) bond motifs is 1. The summed E-state index contributed by atoms with van der Waals surface area (Å²) in [5.41, 5.74) is 7.04. The maximum atomic E-state index is 12.2. The Labute approximate surface area is 119 Å². The lowest BCUT2D eigenvalue weighted by Gasteiger charge is -2.08. The number of benzene rings is 2. The number of phenolic OH excluding ortho intramolecular Hbond substituents is 1. The molecule has 4 N–H and O–H groups in total. The van der Waals surface area contributed by atoms with Gasteiger partial charge in [-0.25, -0.2) is 0 Å². The quantitative estimate of drug-likeness (QED) is 0.498. The third-order valence-electron chi connectivity index (χ3n) is 2.99. The Balaban J connectivity index is 1.89. The first kappa shape index (κ1) is 12.5. The summed E-state index contributed by atoms with van der Waals surface area (Å²) in [6.07, 6.45) is 0. The van der Waals surface area contributed by atoms with Crippen molar-refractivity contribution in [1.82, 2.24) is 0 Å². The zero-order chi connectivity index (χ0) is 14.1. The van der Waals surface area contributed by atoms with Crippen LogP contribution in [0.4, 0.5) is 11.4 Å². The smallest absolute Gasteiger partial charge is 0.257 e. The molecule has 2 aromatic carbocycles. The van der Waals surface area contributed by atoms with Crippen molar-refractivity contribution >= 4 is 38.7 Å². The van der Waals surface area contributed by atoms with Crippen molar-refractivity contribution in [3.8, 4) is 5.75 Å². The Morgan fingerprint density at radius 1 is 1.15 bits per heavy atom. The molecule has 0 bridgehead atoms. The molecule has 4 nitrogen and oxygen atoms in total. The molecule has 1 heterocycles. The minimum Gasteiger partial charge on any atom is -0.508 e. The van der Waals surface area contributed by atoms with Gasteiger partial charge in [-0.05, 0) is 53.2 Å². The highest BCUT2D eigenvalue weighted by atomic mass is 32.1. The van der Waals surface area contributed by atoms with Crippen LogP contribution >= 0.6 is 11.3 Å². The Morgan fingerprint density at radius 2 is 2.00 bits per heavy atom. The highest BCUT2D eigenvalue weighted by Gasteiger charge is 2.11. The molecule has 0 aliphatic rings. The van der Waals surface area contributed by atoms with Crippen molar-refractivity contribution in [3.63, 3.8) is 0 Å². The predicted octanol–water partition coefficient (Wildman–Crippen LogP) is 3.44. The summed E-state index contributed by atoms with van der Waals surface area (Å²) in [7, 11) is 0. The van der Waals surface area contributed by atoms with Crippen LogP contribution in [0.15, 0.2) is 47.8 Å². The second kappa shape index (κ2) is 4.86.